The van der Waals surface area contributed by atoms with Crippen molar-refractivity contribution in [2.24, 2.45) is 0 Å². The highest BCUT2D eigenvalue weighted by Crippen LogP contribution is 2.26. The number of rotatable bonds is 5. The van der Waals surface area contributed by atoms with Gasteiger partial charge in [0.15, 0.2) is 11.0 Å². The Bertz CT molecular complexity index is 773. The van der Waals surface area contributed by atoms with Gasteiger partial charge in [-0.05, 0) is 26.3 Å². The standard InChI is InChI=1S/C19H21N3S/c1-4-22-18(17-11-7-15(3)8-12-17)20-21-19(22)23-13-16-9-5-14(2)6-10-16/h5-12H,4,13H2,1-3H3. The number of nitrogens with zero attached hydrogens (tertiary/aromatic N) is 3. The number of aryl methyl sites for hydroxylation is 2. The Labute approximate surface area is 141 Å². The molecule has 118 valence electrons. The first-order valence-corrected chi connectivity index (χ1v) is 8.84. The first-order valence-electron chi connectivity index (χ1n) is 7.86. The maximum Gasteiger partial charge on any atom is 0.191 e. The summed E-state index contributed by atoms with van der Waals surface area (Å²) in [6.45, 7) is 7.21. The molecule has 0 amide bonds. The van der Waals surface area contributed by atoms with E-state index < -0.39 is 0 Å². The third-order valence-corrected chi connectivity index (χ3v) is 4.87. The van der Waals surface area contributed by atoms with Crippen molar-refractivity contribution >= 4 is 11.8 Å². The topological polar surface area (TPSA) is 30.7 Å². The van der Waals surface area contributed by atoms with E-state index in [4.69, 9.17) is 0 Å². The zero-order chi connectivity index (χ0) is 16.2. The van der Waals surface area contributed by atoms with Crippen molar-refractivity contribution < 1.29 is 0 Å². The van der Waals surface area contributed by atoms with Crippen molar-refractivity contribution in [1.82, 2.24) is 14.8 Å². The second kappa shape index (κ2) is 7.01. The Hall–Kier alpha value is -2.07. The first-order chi connectivity index (χ1) is 11.2. The van der Waals surface area contributed by atoms with Gasteiger partial charge in [0.1, 0.15) is 0 Å². The van der Waals surface area contributed by atoms with Gasteiger partial charge in [-0.1, -0.05) is 71.4 Å². The van der Waals surface area contributed by atoms with E-state index in [2.05, 4.69) is 84.1 Å². The van der Waals surface area contributed by atoms with Crippen molar-refractivity contribution in [3.63, 3.8) is 0 Å². The van der Waals surface area contributed by atoms with Crippen LogP contribution in [0.4, 0.5) is 0 Å². The highest BCUT2D eigenvalue weighted by atomic mass is 32.2. The minimum atomic E-state index is 0.868. The van der Waals surface area contributed by atoms with Crippen LogP contribution in [0.1, 0.15) is 23.6 Å². The summed E-state index contributed by atoms with van der Waals surface area (Å²) in [5.74, 6) is 1.85. The van der Waals surface area contributed by atoms with Crippen LogP contribution in [-0.2, 0) is 12.3 Å². The zero-order valence-electron chi connectivity index (χ0n) is 13.8. The average molecular weight is 323 g/mol. The molecule has 0 unspecified atom stereocenters. The van der Waals surface area contributed by atoms with E-state index in [1.54, 1.807) is 11.8 Å². The van der Waals surface area contributed by atoms with E-state index in [9.17, 15) is 0 Å². The Morgan fingerprint density at radius 2 is 1.48 bits per heavy atom. The smallest absolute Gasteiger partial charge is 0.191 e. The highest BCUT2D eigenvalue weighted by Gasteiger charge is 2.13. The summed E-state index contributed by atoms with van der Waals surface area (Å²) < 4.78 is 2.18. The molecular weight excluding hydrogens is 302 g/mol. The lowest BCUT2D eigenvalue weighted by Gasteiger charge is -2.08. The van der Waals surface area contributed by atoms with Crippen molar-refractivity contribution in [3.05, 3.63) is 65.2 Å². The molecular formula is C19H21N3S. The van der Waals surface area contributed by atoms with Crippen molar-refractivity contribution in [2.45, 2.75) is 38.2 Å². The van der Waals surface area contributed by atoms with Crippen LogP contribution in [0.25, 0.3) is 11.4 Å². The number of benzene rings is 2. The molecule has 0 atom stereocenters. The van der Waals surface area contributed by atoms with Crippen molar-refractivity contribution in [2.75, 3.05) is 0 Å². The van der Waals surface area contributed by atoms with E-state index >= 15 is 0 Å². The zero-order valence-corrected chi connectivity index (χ0v) is 14.6. The molecule has 3 rings (SSSR count). The summed E-state index contributed by atoms with van der Waals surface area (Å²) >= 11 is 1.74. The molecule has 0 aliphatic carbocycles. The van der Waals surface area contributed by atoms with Gasteiger partial charge in [0.05, 0.1) is 0 Å². The number of hydrogen-bond donors (Lipinski definition) is 0. The minimum absolute atomic E-state index is 0.868. The predicted octanol–water partition coefficient (Wildman–Crippen LogP) is 4.87. The average Bonchev–Trinajstić information content (AvgIpc) is 2.98. The van der Waals surface area contributed by atoms with Crippen LogP contribution in [0.5, 0.6) is 0 Å². The normalized spacial score (nSPS) is 10.9. The van der Waals surface area contributed by atoms with E-state index in [0.717, 1.165) is 28.8 Å². The second-order valence-electron chi connectivity index (χ2n) is 5.69. The number of thioether (sulfide) groups is 1. The Kier molecular flexibility index (Phi) is 4.82. The molecule has 4 heteroatoms. The second-order valence-corrected chi connectivity index (χ2v) is 6.63. The molecule has 3 aromatic rings. The summed E-state index contributed by atoms with van der Waals surface area (Å²) in [6, 6.07) is 17.1. The molecule has 3 nitrogen and oxygen atoms in total. The predicted molar refractivity (Wildman–Crippen MR) is 96.6 cm³/mol. The monoisotopic (exact) mass is 323 g/mol. The van der Waals surface area contributed by atoms with Gasteiger partial charge in [-0.2, -0.15) is 0 Å². The Morgan fingerprint density at radius 3 is 2.09 bits per heavy atom. The van der Waals surface area contributed by atoms with Crippen LogP contribution in [-0.4, -0.2) is 14.8 Å². The minimum Gasteiger partial charge on any atom is -0.302 e. The lowest BCUT2D eigenvalue weighted by molar-refractivity contribution is 0.687. The molecule has 0 saturated heterocycles. The van der Waals surface area contributed by atoms with Crippen molar-refractivity contribution in [1.29, 1.82) is 0 Å². The van der Waals surface area contributed by atoms with Crippen LogP contribution in [0.15, 0.2) is 53.7 Å². The quantitative estimate of drug-likeness (QED) is 0.627. The lowest BCUT2D eigenvalue weighted by Crippen LogP contribution is -1.99. The van der Waals surface area contributed by atoms with Gasteiger partial charge in [-0.3, -0.25) is 0 Å². The summed E-state index contributed by atoms with van der Waals surface area (Å²) in [5, 5.41) is 9.78. The van der Waals surface area contributed by atoms with E-state index in [-0.39, 0.29) is 0 Å². The number of hydrogen-bond acceptors (Lipinski definition) is 3. The maximum atomic E-state index is 4.41. The van der Waals surface area contributed by atoms with Gasteiger partial charge < -0.3 is 4.57 Å². The van der Waals surface area contributed by atoms with Gasteiger partial charge in [0, 0.05) is 17.9 Å². The molecule has 0 spiro atoms. The molecule has 0 N–H and O–H groups in total. The van der Waals surface area contributed by atoms with Crippen LogP contribution < -0.4 is 0 Å². The SMILES string of the molecule is CCn1c(SCc2ccc(C)cc2)nnc1-c1ccc(C)cc1. The molecule has 0 radical (unpaired) electrons. The molecule has 1 aromatic heterocycles. The highest BCUT2D eigenvalue weighted by molar-refractivity contribution is 7.98. The third-order valence-electron chi connectivity index (χ3n) is 3.83. The maximum absolute atomic E-state index is 4.41. The largest absolute Gasteiger partial charge is 0.302 e. The lowest BCUT2D eigenvalue weighted by atomic mass is 10.1. The Balaban J connectivity index is 1.80. The summed E-state index contributed by atoms with van der Waals surface area (Å²) in [6.07, 6.45) is 0. The molecule has 23 heavy (non-hydrogen) atoms. The van der Waals surface area contributed by atoms with Gasteiger partial charge in [0.2, 0.25) is 0 Å². The van der Waals surface area contributed by atoms with Crippen molar-refractivity contribution in [3.8, 4) is 11.4 Å². The molecule has 0 fully saturated rings. The van der Waals surface area contributed by atoms with E-state index in [0.29, 0.717) is 0 Å². The van der Waals surface area contributed by atoms with E-state index in [1.165, 1.54) is 16.7 Å². The number of aromatic nitrogens is 3. The summed E-state index contributed by atoms with van der Waals surface area (Å²) in [7, 11) is 0. The van der Waals surface area contributed by atoms with Gasteiger partial charge in [-0.25, -0.2) is 0 Å². The Morgan fingerprint density at radius 1 is 0.870 bits per heavy atom. The molecule has 0 aliphatic heterocycles. The fourth-order valence-electron chi connectivity index (χ4n) is 2.43. The summed E-state index contributed by atoms with van der Waals surface area (Å²) in [5.41, 5.74) is 4.97. The van der Waals surface area contributed by atoms with E-state index in [1.807, 2.05) is 0 Å². The fraction of sp³-hybridized carbons (Fsp3) is 0.263. The van der Waals surface area contributed by atoms with Crippen LogP contribution >= 0.6 is 11.8 Å². The van der Waals surface area contributed by atoms with Crippen LogP contribution in [0, 0.1) is 13.8 Å². The van der Waals surface area contributed by atoms with Gasteiger partial charge >= 0.3 is 0 Å². The first kappa shape index (κ1) is 15.8. The third kappa shape index (κ3) is 3.64. The van der Waals surface area contributed by atoms with Gasteiger partial charge in [-0.15, -0.1) is 10.2 Å². The molecule has 1 heterocycles. The molecule has 0 aliphatic rings. The molecule has 0 bridgehead atoms. The molecule has 2 aromatic carbocycles. The summed E-state index contributed by atoms with van der Waals surface area (Å²) in [4.78, 5) is 0. The van der Waals surface area contributed by atoms with Gasteiger partial charge in [0.25, 0.3) is 0 Å². The molecule has 0 saturated carbocycles. The van der Waals surface area contributed by atoms with Crippen LogP contribution in [0.3, 0.4) is 0 Å². The fourth-order valence-corrected chi connectivity index (χ4v) is 3.39. The van der Waals surface area contributed by atoms with Crippen LogP contribution in [0.2, 0.25) is 0 Å².